The van der Waals surface area contributed by atoms with Gasteiger partial charge in [-0.1, -0.05) is 32.4 Å². The summed E-state index contributed by atoms with van der Waals surface area (Å²) in [5.41, 5.74) is 7.07. The summed E-state index contributed by atoms with van der Waals surface area (Å²) in [6.45, 7) is 7.49. The van der Waals surface area contributed by atoms with Crippen molar-refractivity contribution in [3.63, 3.8) is 0 Å². The van der Waals surface area contributed by atoms with E-state index in [4.69, 9.17) is 4.74 Å². The summed E-state index contributed by atoms with van der Waals surface area (Å²) in [5, 5.41) is 0. The summed E-state index contributed by atoms with van der Waals surface area (Å²) in [7, 11) is 1.79. The number of hydrogen-bond donors (Lipinski definition) is 0. The van der Waals surface area contributed by atoms with Crippen molar-refractivity contribution in [2.75, 3.05) is 7.11 Å². The molecule has 0 amide bonds. The van der Waals surface area contributed by atoms with Crippen LogP contribution in [0.1, 0.15) is 64.0 Å². The van der Waals surface area contributed by atoms with Crippen molar-refractivity contribution >= 4 is 5.57 Å². The average molecular weight is 310 g/mol. The van der Waals surface area contributed by atoms with Gasteiger partial charge in [-0.05, 0) is 90.5 Å². The monoisotopic (exact) mass is 310 g/mol. The highest BCUT2D eigenvalue weighted by atomic mass is 16.5. The molecular weight excluding hydrogens is 280 g/mol. The maximum atomic E-state index is 5.53. The van der Waals surface area contributed by atoms with Gasteiger partial charge >= 0.3 is 0 Å². The van der Waals surface area contributed by atoms with Gasteiger partial charge in [0.2, 0.25) is 0 Å². The van der Waals surface area contributed by atoms with Crippen LogP contribution in [0.4, 0.5) is 0 Å². The van der Waals surface area contributed by atoms with E-state index >= 15 is 0 Å². The molecule has 0 saturated heterocycles. The lowest BCUT2D eigenvalue weighted by Crippen LogP contribution is -2.30. The highest BCUT2D eigenvalue weighted by Gasteiger charge is 2.43. The smallest absolute Gasteiger partial charge is 0.119 e. The van der Waals surface area contributed by atoms with Crippen molar-refractivity contribution in [1.82, 2.24) is 0 Å². The second kappa shape index (κ2) is 5.40. The van der Waals surface area contributed by atoms with E-state index in [2.05, 4.69) is 39.0 Å². The highest BCUT2D eigenvalue weighted by Crippen LogP contribution is 2.56. The number of allylic oxidation sites excluding steroid dienone is 2. The Kier molecular flexibility index (Phi) is 3.59. The van der Waals surface area contributed by atoms with Gasteiger partial charge in [0.15, 0.2) is 0 Å². The first kappa shape index (κ1) is 15.3. The van der Waals surface area contributed by atoms with Crippen molar-refractivity contribution < 1.29 is 4.74 Å². The minimum atomic E-state index is 0.469. The Balaban J connectivity index is 1.90. The zero-order valence-electron chi connectivity index (χ0n) is 15.1. The second-order valence-corrected chi connectivity index (χ2v) is 8.72. The minimum absolute atomic E-state index is 0.469. The van der Waals surface area contributed by atoms with E-state index in [9.17, 15) is 0 Å². The maximum absolute atomic E-state index is 5.53. The Bertz CT molecular complexity index is 652. The Hall–Kier alpha value is -1.24. The van der Waals surface area contributed by atoms with E-state index in [1.807, 2.05) is 5.57 Å². The molecule has 1 saturated carbocycles. The molecule has 0 unspecified atom stereocenters. The molecule has 0 aliphatic heterocycles. The van der Waals surface area contributed by atoms with E-state index < -0.39 is 0 Å². The molecule has 124 valence electrons. The first-order valence-corrected chi connectivity index (χ1v) is 9.41. The topological polar surface area (TPSA) is 9.23 Å². The van der Waals surface area contributed by atoms with Gasteiger partial charge in [0, 0.05) is 0 Å². The first-order chi connectivity index (χ1) is 11.0. The van der Waals surface area contributed by atoms with Crippen LogP contribution in [0.25, 0.3) is 5.57 Å². The number of rotatable bonds is 1. The molecule has 3 aliphatic carbocycles. The molecule has 1 fully saturated rings. The first-order valence-electron chi connectivity index (χ1n) is 9.41. The number of methoxy groups -OCH3 is 1. The normalized spacial score (nSPS) is 31.9. The highest BCUT2D eigenvalue weighted by molar-refractivity contribution is 5.79. The standard InChI is InChI=1S/C22H30O/c1-14-7-10-20-17(6-5-11-22(20,2)3)21-18(14)12-15-8-9-16(23-4)13-19(15)21/h8-9,13-14,18,20H,5-7,10-12H2,1-4H3/t14-,18+,20-/m1/s1. The quantitative estimate of drug-likeness (QED) is 0.629. The van der Waals surface area contributed by atoms with Crippen molar-refractivity contribution in [2.24, 2.45) is 23.2 Å². The third-order valence-electron chi connectivity index (χ3n) is 6.99. The van der Waals surface area contributed by atoms with E-state index in [1.165, 1.54) is 44.1 Å². The van der Waals surface area contributed by atoms with Gasteiger partial charge in [0.05, 0.1) is 7.11 Å². The maximum Gasteiger partial charge on any atom is 0.119 e. The van der Waals surface area contributed by atoms with Crippen LogP contribution < -0.4 is 4.74 Å². The summed E-state index contributed by atoms with van der Waals surface area (Å²) in [6.07, 6.45) is 8.09. The largest absolute Gasteiger partial charge is 0.497 e. The molecule has 0 N–H and O–H groups in total. The van der Waals surface area contributed by atoms with Gasteiger partial charge in [0.25, 0.3) is 0 Å². The van der Waals surface area contributed by atoms with E-state index in [0.29, 0.717) is 5.41 Å². The van der Waals surface area contributed by atoms with E-state index in [0.717, 1.165) is 23.5 Å². The molecule has 0 aromatic heterocycles. The summed E-state index contributed by atoms with van der Waals surface area (Å²) in [6, 6.07) is 6.77. The SMILES string of the molecule is COc1ccc2c(c1)C1=C3CCCC(C)(C)[C@@H]3CC[C@@H](C)[C@@H]1C2. The number of hydrogen-bond acceptors (Lipinski definition) is 1. The lowest BCUT2D eigenvalue weighted by Gasteiger charge is -2.41. The summed E-state index contributed by atoms with van der Waals surface area (Å²) >= 11 is 0. The molecule has 0 spiro atoms. The fraction of sp³-hybridized carbons (Fsp3) is 0.636. The average Bonchev–Trinajstić information content (AvgIpc) is 2.84. The van der Waals surface area contributed by atoms with Crippen LogP contribution in [0, 0.1) is 23.2 Å². The Morgan fingerprint density at radius 3 is 2.78 bits per heavy atom. The molecule has 3 atom stereocenters. The molecule has 0 bridgehead atoms. The van der Waals surface area contributed by atoms with E-state index in [1.54, 1.807) is 18.2 Å². The predicted octanol–water partition coefficient (Wildman–Crippen LogP) is 5.88. The van der Waals surface area contributed by atoms with Crippen LogP contribution in [0.15, 0.2) is 23.8 Å². The van der Waals surface area contributed by atoms with Crippen molar-refractivity contribution in [3.05, 3.63) is 34.9 Å². The van der Waals surface area contributed by atoms with Crippen LogP contribution >= 0.6 is 0 Å². The number of ether oxygens (including phenoxy) is 1. The third-order valence-corrected chi connectivity index (χ3v) is 6.99. The van der Waals surface area contributed by atoms with Gasteiger partial charge in [0.1, 0.15) is 5.75 Å². The fourth-order valence-electron chi connectivity index (χ4n) is 5.62. The van der Waals surface area contributed by atoms with Crippen molar-refractivity contribution in [2.45, 2.75) is 59.3 Å². The van der Waals surface area contributed by atoms with Gasteiger partial charge in [-0.15, -0.1) is 0 Å². The second-order valence-electron chi connectivity index (χ2n) is 8.72. The van der Waals surface area contributed by atoms with Crippen LogP contribution in [0.5, 0.6) is 5.75 Å². The van der Waals surface area contributed by atoms with Crippen molar-refractivity contribution in [1.29, 1.82) is 0 Å². The van der Waals surface area contributed by atoms with Crippen molar-refractivity contribution in [3.8, 4) is 5.75 Å². The lowest BCUT2D eigenvalue weighted by molar-refractivity contribution is 0.175. The molecule has 0 radical (unpaired) electrons. The molecule has 1 aromatic rings. The predicted molar refractivity (Wildman–Crippen MR) is 96.6 cm³/mol. The third kappa shape index (κ3) is 2.35. The molecule has 1 heteroatoms. The Morgan fingerprint density at radius 2 is 2.00 bits per heavy atom. The Morgan fingerprint density at radius 1 is 1.17 bits per heavy atom. The number of fused-ring (bicyclic) bond motifs is 4. The van der Waals surface area contributed by atoms with Gasteiger partial charge in [-0.2, -0.15) is 0 Å². The molecule has 23 heavy (non-hydrogen) atoms. The molecule has 1 aromatic carbocycles. The molecule has 0 heterocycles. The van der Waals surface area contributed by atoms with Crippen LogP contribution in [-0.4, -0.2) is 7.11 Å². The minimum Gasteiger partial charge on any atom is -0.497 e. The molecular formula is C22H30O. The zero-order chi connectivity index (χ0) is 16.2. The van der Waals surface area contributed by atoms with Crippen LogP contribution in [-0.2, 0) is 6.42 Å². The molecule has 1 nitrogen and oxygen atoms in total. The van der Waals surface area contributed by atoms with E-state index in [-0.39, 0.29) is 0 Å². The summed E-state index contributed by atoms with van der Waals surface area (Å²) < 4.78 is 5.53. The summed E-state index contributed by atoms with van der Waals surface area (Å²) in [5.74, 6) is 3.35. The Labute approximate surface area is 141 Å². The van der Waals surface area contributed by atoms with Gasteiger partial charge in [-0.3, -0.25) is 0 Å². The molecule has 4 rings (SSSR count). The van der Waals surface area contributed by atoms with Gasteiger partial charge in [-0.25, -0.2) is 0 Å². The van der Waals surface area contributed by atoms with Crippen LogP contribution in [0.2, 0.25) is 0 Å². The molecule has 3 aliphatic rings. The lowest BCUT2D eigenvalue weighted by atomic mass is 9.64. The van der Waals surface area contributed by atoms with Crippen LogP contribution in [0.3, 0.4) is 0 Å². The summed E-state index contributed by atoms with van der Waals surface area (Å²) in [4.78, 5) is 0. The van der Waals surface area contributed by atoms with Gasteiger partial charge < -0.3 is 4.74 Å². The zero-order valence-corrected chi connectivity index (χ0v) is 15.1. The number of benzene rings is 1. The fourth-order valence-corrected chi connectivity index (χ4v) is 5.62.